The van der Waals surface area contributed by atoms with Crippen LogP contribution in [-0.2, 0) is 11.2 Å². The van der Waals surface area contributed by atoms with E-state index < -0.39 is 11.3 Å². The maximum absolute atomic E-state index is 13.1. The van der Waals surface area contributed by atoms with Crippen LogP contribution < -0.4 is 10.2 Å². The van der Waals surface area contributed by atoms with Crippen LogP contribution >= 0.6 is 0 Å². The Morgan fingerprint density at radius 1 is 0.939 bits per heavy atom. The fourth-order valence-corrected chi connectivity index (χ4v) is 3.90. The maximum Gasteiger partial charge on any atom is 0.278 e. The van der Waals surface area contributed by atoms with Crippen LogP contribution in [-0.4, -0.2) is 64.7 Å². The van der Waals surface area contributed by atoms with E-state index in [-0.39, 0.29) is 18.0 Å². The lowest BCUT2D eigenvalue weighted by Crippen LogP contribution is -2.51. The molecule has 1 aliphatic heterocycles. The highest BCUT2D eigenvalue weighted by atomic mass is 16.5. The number of hydrogen-bond acceptors (Lipinski definition) is 5. The van der Waals surface area contributed by atoms with Crippen LogP contribution in [0.3, 0.4) is 0 Å². The van der Waals surface area contributed by atoms with Crippen LogP contribution in [0, 0.1) is 6.92 Å². The first-order chi connectivity index (χ1) is 16.0. The average molecular weight is 447 g/mol. The molecular formula is C25H26N4O4. The molecule has 1 saturated heterocycles. The summed E-state index contributed by atoms with van der Waals surface area (Å²) in [5.41, 5.74) is 1.79. The number of para-hydroxylation sites is 1. The summed E-state index contributed by atoms with van der Waals surface area (Å²) < 4.78 is 6.82. The van der Waals surface area contributed by atoms with Gasteiger partial charge in [-0.05, 0) is 36.8 Å². The van der Waals surface area contributed by atoms with Crippen LogP contribution in [0.5, 0.6) is 5.75 Å². The van der Waals surface area contributed by atoms with Crippen LogP contribution in [0.15, 0.2) is 65.5 Å². The zero-order valence-electron chi connectivity index (χ0n) is 18.7. The highest BCUT2D eigenvalue weighted by molar-refractivity contribution is 5.92. The van der Waals surface area contributed by atoms with Crippen molar-refractivity contribution in [3.05, 3.63) is 87.8 Å². The van der Waals surface area contributed by atoms with Gasteiger partial charge < -0.3 is 14.5 Å². The number of aryl methyl sites for hydroxylation is 1. The summed E-state index contributed by atoms with van der Waals surface area (Å²) in [7, 11) is 1.59. The van der Waals surface area contributed by atoms with E-state index in [1.165, 1.54) is 6.07 Å². The zero-order valence-corrected chi connectivity index (χ0v) is 18.7. The van der Waals surface area contributed by atoms with Gasteiger partial charge in [-0.1, -0.05) is 30.3 Å². The molecule has 33 heavy (non-hydrogen) atoms. The molecule has 0 atom stereocenters. The van der Waals surface area contributed by atoms with Gasteiger partial charge in [0.05, 0.1) is 19.2 Å². The van der Waals surface area contributed by atoms with E-state index in [4.69, 9.17) is 4.74 Å². The van der Waals surface area contributed by atoms with Gasteiger partial charge in [-0.2, -0.15) is 5.10 Å². The van der Waals surface area contributed by atoms with Crippen molar-refractivity contribution < 1.29 is 14.3 Å². The first-order valence-corrected chi connectivity index (χ1v) is 10.8. The standard InChI is InChI=1S/C25H26N4O4/c1-18-15-22(30)24(26-29(18)20-8-4-3-5-9-20)25(32)28-13-11-27(12-14-28)23(31)17-19-7-6-10-21(16-19)33-2/h3-10,15-16H,11-14,17H2,1-2H3. The number of carbonyl (C=O) groups excluding carboxylic acids is 2. The van der Waals surface area contributed by atoms with Crippen molar-refractivity contribution in [3.63, 3.8) is 0 Å². The third kappa shape index (κ3) is 4.95. The van der Waals surface area contributed by atoms with E-state index in [2.05, 4.69) is 5.10 Å². The van der Waals surface area contributed by atoms with Crippen LogP contribution in [0.4, 0.5) is 0 Å². The summed E-state index contributed by atoms with van der Waals surface area (Å²) in [6.07, 6.45) is 0.270. The lowest BCUT2D eigenvalue weighted by molar-refractivity contribution is -0.131. The van der Waals surface area contributed by atoms with E-state index in [1.807, 2.05) is 54.6 Å². The molecule has 0 bridgehead atoms. The van der Waals surface area contributed by atoms with E-state index in [1.54, 1.807) is 28.5 Å². The number of hydrogen-bond donors (Lipinski definition) is 0. The second-order valence-electron chi connectivity index (χ2n) is 7.95. The zero-order chi connectivity index (χ0) is 23.4. The topological polar surface area (TPSA) is 84.7 Å². The summed E-state index contributed by atoms with van der Waals surface area (Å²) in [6, 6.07) is 18.2. The number of methoxy groups -OCH3 is 1. The van der Waals surface area contributed by atoms with E-state index in [0.717, 1.165) is 11.3 Å². The van der Waals surface area contributed by atoms with Gasteiger partial charge in [-0.3, -0.25) is 14.4 Å². The molecule has 0 N–H and O–H groups in total. The third-order valence-corrected chi connectivity index (χ3v) is 5.72. The molecule has 8 nitrogen and oxygen atoms in total. The first-order valence-electron chi connectivity index (χ1n) is 10.8. The second kappa shape index (κ2) is 9.68. The molecule has 0 spiro atoms. The Kier molecular flexibility index (Phi) is 6.53. The Balaban J connectivity index is 1.43. The van der Waals surface area contributed by atoms with Crippen molar-refractivity contribution in [1.29, 1.82) is 0 Å². The molecule has 0 aliphatic carbocycles. The number of nitrogens with zero attached hydrogens (tertiary/aromatic N) is 4. The van der Waals surface area contributed by atoms with Gasteiger partial charge in [-0.25, -0.2) is 4.68 Å². The Hall–Kier alpha value is -3.94. The van der Waals surface area contributed by atoms with Gasteiger partial charge in [0, 0.05) is 37.9 Å². The lowest BCUT2D eigenvalue weighted by Gasteiger charge is -2.34. The van der Waals surface area contributed by atoms with Gasteiger partial charge in [0.1, 0.15) is 5.75 Å². The number of carbonyl (C=O) groups is 2. The quantitative estimate of drug-likeness (QED) is 0.599. The van der Waals surface area contributed by atoms with E-state index >= 15 is 0 Å². The molecule has 2 amide bonds. The molecule has 8 heteroatoms. The van der Waals surface area contributed by atoms with Crippen molar-refractivity contribution in [3.8, 4) is 11.4 Å². The van der Waals surface area contributed by atoms with Gasteiger partial charge in [0.2, 0.25) is 11.3 Å². The molecule has 2 heterocycles. The highest BCUT2D eigenvalue weighted by Crippen LogP contribution is 2.15. The minimum atomic E-state index is -0.412. The summed E-state index contributed by atoms with van der Waals surface area (Å²) in [5, 5.41) is 4.36. The van der Waals surface area contributed by atoms with Crippen molar-refractivity contribution in [2.45, 2.75) is 13.3 Å². The van der Waals surface area contributed by atoms with Crippen molar-refractivity contribution in [1.82, 2.24) is 19.6 Å². The van der Waals surface area contributed by atoms with Gasteiger partial charge >= 0.3 is 0 Å². The van der Waals surface area contributed by atoms with Crippen LogP contribution in [0.25, 0.3) is 5.69 Å². The molecule has 0 radical (unpaired) electrons. The van der Waals surface area contributed by atoms with Crippen molar-refractivity contribution in [2.24, 2.45) is 0 Å². The van der Waals surface area contributed by atoms with Crippen molar-refractivity contribution in [2.75, 3.05) is 33.3 Å². The molecule has 170 valence electrons. The molecule has 1 aromatic heterocycles. The molecule has 2 aromatic carbocycles. The number of rotatable bonds is 5. The number of benzene rings is 2. The summed E-state index contributed by atoms with van der Waals surface area (Å²) in [6.45, 7) is 3.30. The number of piperazine rings is 1. The highest BCUT2D eigenvalue weighted by Gasteiger charge is 2.27. The minimum Gasteiger partial charge on any atom is -0.497 e. The van der Waals surface area contributed by atoms with Crippen molar-refractivity contribution >= 4 is 11.8 Å². The molecule has 0 unspecified atom stereocenters. The average Bonchev–Trinajstić information content (AvgIpc) is 2.84. The Bertz CT molecular complexity index is 1210. The third-order valence-electron chi connectivity index (χ3n) is 5.72. The molecule has 4 rings (SSSR count). The smallest absolute Gasteiger partial charge is 0.278 e. The van der Waals surface area contributed by atoms with Gasteiger partial charge in [0.25, 0.3) is 5.91 Å². The molecular weight excluding hydrogens is 420 g/mol. The Morgan fingerprint density at radius 2 is 1.64 bits per heavy atom. The summed E-state index contributed by atoms with van der Waals surface area (Å²) in [4.78, 5) is 41.7. The summed E-state index contributed by atoms with van der Waals surface area (Å²) in [5.74, 6) is 0.294. The minimum absolute atomic E-state index is 0.00440. The lowest BCUT2D eigenvalue weighted by atomic mass is 10.1. The largest absolute Gasteiger partial charge is 0.497 e. The van der Waals surface area contributed by atoms with Gasteiger partial charge in [0.15, 0.2) is 5.69 Å². The van der Waals surface area contributed by atoms with Gasteiger partial charge in [-0.15, -0.1) is 0 Å². The molecule has 1 fully saturated rings. The van der Waals surface area contributed by atoms with Crippen LogP contribution in [0.2, 0.25) is 0 Å². The fourth-order valence-electron chi connectivity index (χ4n) is 3.90. The number of amides is 2. The number of aromatic nitrogens is 2. The van der Waals surface area contributed by atoms with E-state index in [9.17, 15) is 14.4 Å². The second-order valence-corrected chi connectivity index (χ2v) is 7.95. The van der Waals surface area contributed by atoms with E-state index in [0.29, 0.717) is 37.6 Å². The first kappa shape index (κ1) is 22.3. The maximum atomic E-state index is 13.1. The Labute approximate surface area is 192 Å². The normalized spacial score (nSPS) is 13.6. The predicted octanol–water partition coefficient (Wildman–Crippen LogP) is 2.08. The predicted molar refractivity (Wildman–Crippen MR) is 124 cm³/mol. The molecule has 3 aromatic rings. The fraction of sp³-hybridized carbons (Fsp3) is 0.280. The Morgan fingerprint density at radius 3 is 2.33 bits per heavy atom. The number of ether oxygens (including phenoxy) is 1. The SMILES string of the molecule is COc1cccc(CC(=O)N2CCN(C(=O)c3nn(-c4ccccc4)c(C)cc3=O)CC2)c1. The monoisotopic (exact) mass is 446 g/mol. The molecule has 0 saturated carbocycles. The summed E-state index contributed by atoms with van der Waals surface area (Å²) >= 11 is 0. The molecule has 1 aliphatic rings. The van der Waals surface area contributed by atoms with Crippen LogP contribution in [0.1, 0.15) is 21.7 Å².